The molecule has 0 aliphatic carbocycles. The number of carbonyl (C=O) groups is 2. The van der Waals surface area contributed by atoms with Crippen LogP contribution in [0.5, 0.6) is 11.5 Å². The monoisotopic (exact) mass is 511 g/mol. The van der Waals surface area contributed by atoms with Gasteiger partial charge in [-0.15, -0.1) is 0 Å². The number of amides is 2. The van der Waals surface area contributed by atoms with Crippen LogP contribution >= 0.6 is 11.6 Å². The first-order valence-corrected chi connectivity index (χ1v) is 11.5. The molecule has 11 heteroatoms. The Hall–Kier alpha value is -3.14. The molecular formula is C24H25ClF3N3O4. The largest absolute Gasteiger partial charge is 0.471 e. The summed E-state index contributed by atoms with van der Waals surface area (Å²) >= 11 is 6.48. The summed E-state index contributed by atoms with van der Waals surface area (Å²) < 4.78 is 50.6. The highest BCUT2D eigenvalue weighted by molar-refractivity contribution is 6.34. The lowest BCUT2D eigenvalue weighted by atomic mass is 9.89. The maximum absolute atomic E-state index is 13.0. The zero-order valence-electron chi connectivity index (χ0n) is 19.3. The lowest BCUT2D eigenvalue weighted by molar-refractivity contribution is -0.174. The zero-order chi connectivity index (χ0) is 25.5. The molecule has 0 radical (unpaired) electrons. The topological polar surface area (TPSA) is 79.9 Å². The summed E-state index contributed by atoms with van der Waals surface area (Å²) in [7, 11) is 0. The highest BCUT2D eigenvalue weighted by Gasteiger charge is 2.44. The third-order valence-electron chi connectivity index (χ3n) is 5.66. The molecule has 0 bridgehead atoms. The molecule has 0 spiro atoms. The van der Waals surface area contributed by atoms with E-state index in [1.165, 1.54) is 0 Å². The lowest BCUT2D eigenvalue weighted by Gasteiger charge is -2.42. The summed E-state index contributed by atoms with van der Waals surface area (Å²) in [5, 5.41) is 4.97. The number of anilines is 2. The first-order valence-electron chi connectivity index (χ1n) is 11.1. The van der Waals surface area contributed by atoms with Gasteiger partial charge in [0.05, 0.1) is 28.5 Å². The Morgan fingerprint density at radius 2 is 1.86 bits per heavy atom. The number of piperidine rings is 1. The summed E-state index contributed by atoms with van der Waals surface area (Å²) in [6, 6.07) is 8.69. The van der Waals surface area contributed by atoms with Gasteiger partial charge in [-0.1, -0.05) is 29.8 Å². The van der Waals surface area contributed by atoms with Crippen LogP contribution < -0.4 is 20.3 Å². The maximum atomic E-state index is 13.0. The van der Waals surface area contributed by atoms with Gasteiger partial charge in [-0.3, -0.25) is 10.1 Å². The van der Waals surface area contributed by atoms with E-state index in [0.717, 1.165) is 0 Å². The van der Waals surface area contributed by atoms with Crippen LogP contribution in [0.1, 0.15) is 45.2 Å². The highest BCUT2D eigenvalue weighted by Crippen LogP contribution is 2.49. The van der Waals surface area contributed by atoms with E-state index in [1.807, 2.05) is 4.90 Å². The number of fused-ring (bicyclic) bond motifs is 5. The van der Waals surface area contributed by atoms with Gasteiger partial charge < -0.3 is 19.7 Å². The number of nitrogens with zero attached hydrogens (tertiary/aromatic N) is 1. The number of halogens is 4. The van der Waals surface area contributed by atoms with Crippen molar-refractivity contribution in [3.63, 3.8) is 0 Å². The Kier molecular flexibility index (Phi) is 6.52. The first kappa shape index (κ1) is 25.0. The number of benzene rings is 2. The van der Waals surface area contributed by atoms with Crippen molar-refractivity contribution in [3.8, 4) is 11.5 Å². The molecule has 0 unspecified atom stereocenters. The predicted molar refractivity (Wildman–Crippen MR) is 125 cm³/mol. The van der Waals surface area contributed by atoms with Crippen molar-refractivity contribution in [1.82, 2.24) is 5.32 Å². The number of rotatable bonds is 2. The van der Waals surface area contributed by atoms with E-state index < -0.39 is 35.9 Å². The van der Waals surface area contributed by atoms with E-state index in [-0.39, 0.29) is 10.7 Å². The fourth-order valence-corrected chi connectivity index (χ4v) is 4.55. The molecule has 1 fully saturated rings. The summed E-state index contributed by atoms with van der Waals surface area (Å²) in [6.07, 6.45) is -4.79. The zero-order valence-corrected chi connectivity index (χ0v) is 20.1. The van der Waals surface area contributed by atoms with Gasteiger partial charge in [0, 0.05) is 18.2 Å². The summed E-state index contributed by atoms with van der Waals surface area (Å²) in [4.78, 5) is 26.0. The van der Waals surface area contributed by atoms with Crippen molar-refractivity contribution in [2.45, 2.75) is 57.5 Å². The average molecular weight is 512 g/mol. The minimum absolute atomic E-state index is 0.198. The van der Waals surface area contributed by atoms with E-state index in [4.69, 9.17) is 21.1 Å². The molecule has 2 aliphatic rings. The lowest BCUT2D eigenvalue weighted by Crippen LogP contribution is -2.52. The molecule has 0 saturated carbocycles. The van der Waals surface area contributed by atoms with Crippen molar-refractivity contribution in [2.75, 3.05) is 16.8 Å². The van der Waals surface area contributed by atoms with Gasteiger partial charge in [-0.2, -0.15) is 13.2 Å². The maximum Gasteiger partial charge on any atom is 0.471 e. The molecule has 2 N–H and O–H groups in total. The quantitative estimate of drug-likeness (QED) is 0.503. The normalized spacial score (nSPS) is 19.3. The van der Waals surface area contributed by atoms with Crippen molar-refractivity contribution in [1.29, 1.82) is 0 Å². The number of alkyl halides is 3. The number of para-hydroxylation sites is 1. The summed E-state index contributed by atoms with van der Waals surface area (Å²) in [5.74, 6) is -1.19. The van der Waals surface area contributed by atoms with Gasteiger partial charge in [-0.25, -0.2) is 4.79 Å². The minimum atomic E-state index is -4.99. The Labute approximate surface area is 205 Å². The van der Waals surface area contributed by atoms with Crippen molar-refractivity contribution in [3.05, 3.63) is 47.0 Å². The third kappa shape index (κ3) is 5.42. The fraction of sp³-hybridized carbons (Fsp3) is 0.417. The molecule has 35 heavy (non-hydrogen) atoms. The average Bonchev–Trinajstić information content (AvgIpc) is 2.87. The molecule has 2 amide bonds. The van der Waals surface area contributed by atoms with Crippen LogP contribution in [0.4, 0.5) is 29.3 Å². The third-order valence-corrected chi connectivity index (χ3v) is 5.97. The number of ether oxygens (including phenoxy) is 2. The molecule has 2 heterocycles. The van der Waals surface area contributed by atoms with E-state index in [9.17, 15) is 22.8 Å². The molecule has 2 atom stereocenters. The van der Waals surface area contributed by atoms with Crippen LogP contribution in [-0.2, 0) is 9.53 Å². The van der Waals surface area contributed by atoms with Crippen LogP contribution in [0.15, 0.2) is 36.4 Å². The Morgan fingerprint density at radius 3 is 2.54 bits per heavy atom. The second-order valence-electron chi connectivity index (χ2n) is 9.42. The van der Waals surface area contributed by atoms with Crippen molar-refractivity contribution < 1.29 is 32.2 Å². The van der Waals surface area contributed by atoms with Gasteiger partial charge in [-0.05, 0) is 45.7 Å². The summed E-state index contributed by atoms with van der Waals surface area (Å²) in [6.45, 7) is 5.70. The highest BCUT2D eigenvalue weighted by atomic mass is 35.5. The van der Waals surface area contributed by atoms with Crippen molar-refractivity contribution in [2.24, 2.45) is 0 Å². The van der Waals surface area contributed by atoms with Crippen LogP contribution in [0.2, 0.25) is 5.02 Å². The van der Waals surface area contributed by atoms with Gasteiger partial charge in [0.15, 0.2) is 5.75 Å². The molecule has 2 aliphatic heterocycles. The molecular weight excluding hydrogens is 487 g/mol. The van der Waals surface area contributed by atoms with Gasteiger partial charge >= 0.3 is 18.2 Å². The van der Waals surface area contributed by atoms with Gasteiger partial charge in [0.1, 0.15) is 11.4 Å². The number of hydrogen-bond acceptors (Lipinski definition) is 5. The molecule has 188 valence electrons. The van der Waals surface area contributed by atoms with Crippen LogP contribution in [-0.4, -0.2) is 36.4 Å². The Bertz CT molecular complexity index is 1150. The Morgan fingerprint density at radius 1 is 1.14 bits per heavy atom. The first-order chi connectivity index (χ1) is 16.3. The minimum Gasteiger partial charge on any atom is -0.455 e. The molecule has 7 nitrogen and oxygen atoms in total. The SMILES string of the molecule is CC(C)(C)OC(=O)Nc1cc2c(cc1Cl)N1CCC[C@@H](NC(=O)C(F)(F)F)[C@H]1c1ccccc1O2. The van der Waals surface area contributed by atoms with Crippen LogP contribution in [0, 0.1) is 0 Å². The van der Waals surface area contributed by atoms with E-state index in [1.54, 1.807) is 57.2 Å². The molecule has 4 rings (SSSR count). The van der Waals surface area contributed by atoms with Crippen LogP contribution in [0.25, 0.3) is 0 Å². The number of hydrogen-bond donors (Lipinski definition) is 2. The van der Waals surface area contributed by atoms with Crippen molar-refractivity contribution >= 4 is 35.0 Å². The number of nitrogens with one attached hydrogen (secondary N) is 2. The second-order valence-corrected chi connectivity index (χ2v) is 9.83. The van der Waals surface area contributed by atoms with E-state index in [0.29, 0.717) is 42.1 Å². The van der Waals surface area contributed by atoms with Gasteiger partial charge in [0.2, 0.25) is 0 Å². The number of carbonyl (C=O) groups excluding carboxylic acids is 2. The molecule has 2 aromatic carbocycles. The summed E-state index contributed by atoms with van der Waals surface area (Å²) in [5.41, 5.74) is 0.717. The smallest absolute Gasteiger partial charge is 0.455 e. The van der Waals surface area contributed by atoms with Gasteiger partial charge in [0.25, 0.3) is 0 Å². The molecule has 0 aromatic heterocycles. The fourth-order valence-electron chi connectivity index (χ4n) is 4.35. The van der Waals surface area contributed by atoms with E-state index >= 15 is 0 Å². The molecule has 1 saturated heterocycles. The Balaban J connectivity index is 1.74. The molecule has 2 aromatic rings. The van der Waals surface area contributed by atoms with E-state index in [2.05, 4.69) is 10.6 Å². The second kappa shape index (κ2) is 9.14. The van der Waals surface area contributed by atoms with Crippen LogP contribution in [0.3, 0.4) is 0 Å². The predicted octanol–water partition coefficient (Wildman–Crippen LogP) is 6.18. The standard InChI is InChI=1S/C24H25ClF3N3O4/c1-23(2,3)35-22(33)30-16-12-19-17(11-14(16)25)31-10-6-8-15(29-21(32)24(26,27)28)20(31)13-7-4-5-9-18(13)34-19/h4-5,7,9,11-12,15,20H,6,8,10H2,1-3H3,(H,29,32)(H,30,33)/t15-,20-/m1/s1.